The second kappa shape index (κ2) is 6.76. The van der Waals surface area contributed by atoms with Crippen molar-refractivity contribution in [2.45, 2.75) is 0 Å². The van der Waals surface area contributed by atoms with Crippen LogP contribution in [0.15, 0.2) is 36.1 Å². The molecule has 0 spiro atoms. The Morgan fingerprint density at radius 2 is 1.52 bits per heavy atom. The van der Waals surface area contributed by atoms with Crippen molar-refractivity contribution in [3.05, 3.63) is 47.2 Å². The summed E-state index contributed by atoms with van der Waals surface area (Å²) in [5, 5.41) is 0. The van der Waals surface area contributed by atoms with E-state index >= 15 is 0 Å². The molecule has 3 rings (SSSR count). The number of carbonyl (C=O) groups is 1. The highest BCUT2D eigenvalue weighted by atomic mass is 16.5. The molecule has 6 heteroatoms. The highest BCUT2D eigenvalue weighted by Crippen LogP contribution is 2.38. The summed E-state index contributed by atoms with van der Waals surface area (Å²) in [7, 11) is 6.19. The molecule has 1 aliphatic rings. The number of ether oxygens (including phenoxy) is 5. The summed E-state index contributed by atoms with van der Waals surface area (Å²) in [6.07, 6.45) is 1.62. The quantitative estimate of drug-likeness (QED) is 0.777. The summed E-state index contributed by atoms with van der Waals surface area (Å²) in [5.41, 5.74) is 1.13. The van der Waals surface area contributed by atoms with Crippen LogP contribution in [0.25, 0.3) is 6.08 Å². The van der Waals surface area contributed by atoms with E-state index in [4.69, 9.17) is 23.7 Å². The van der Waals surface area contributed by atoms with Crippen LogP contribution in [-0.2, 0) is 0 Å². The van der Waals surface area contributed by atoms with Gasteiger partial charge in [-0.05, 0) is 24.3 Å². The monoisotopic (exact) mass is 342 g/mol. The van der Waals surface area contributed by atoms with Crippen LogP contribution < -0.4 is 23.7 Å². The summed E-state index contributed by atoms with van der Waals surface area (Å²) < 4.78 is 26.8. The molecule has 130 valence electrons. The molecular weight excluding hydrogens is 324 g/mol. The lowest BCUT2D eigenvalue weighted by Crippen LogP contribution is -2.00. The molecule has 0 aromatic heterocycles. The second-order valence-electron chi connectivity index (χ2n) is 5.25. The summed E-state index contributed by atoms with van der Waals surface area (Å²) in [6.45, 7) is 0. The van der Waals surface area contributed by atoms with E-state index in [2.05, 4.69) is 0 Å². The Hall–Kier alpha value is -3.15. The molecule has 2 aromatic carbocycles. The number of rotatable bonds is 5. The molecule has 0 N–H and O–H groups in total. The van der Waals surface area contributed by atoms with Crippen molar-refractivity contribution >= 4 is 11.9 Å². The maximum Gasteiger partial charge on any atom is 0.231 e. The molecule has 0 unspecified atom stereocenters. The first-order valence-electron chi connectivity index (χ1n) is 7.53. The summed E-state index contributed by atoms with van der Waals surface area (Å²) in [6, 6.07) is 8.51. The zero-order valence-electron chi connectivity index (χ0n) is 14.4. The highest BCUT2D eigenvalue weighted by Gasteiger charge is 2.28. The van der Waals surface area contributed by atoms with E-state index in [0.717, 1.165) is 0 Å². The predicted octanol–water partition coefficient (Wildman–Crippen LogP) is 3.34. The molecule has 0 fully saturated rings. The number of Topliss-reactive ketones (excluding diaryl/α,β-unsaturated/α-hetero) is 1. The fourth-order valence-electron chi connectivity index (χ4n) is 2.60. The lowest BCUT2D eigenvalue weighted by Gasteiger charge is -2.12. The van der Waals surface area contributed by atoms with Crippen molar-refractivity contribution in [2.24, 2.45) is 0 Å². The van der Waals surface area contributed by atoms with Gasteiger partial charge in [0.05, 0.1) is 34.0 Å². The van der Waals surface area contributed by atoms with Gasteiger partial charge in [-0.15, -0.1) is 0 Å². The van der Waals surface area contributed by atoms with Crippen LogP contribution in [-0.4, -0.2) is 34.2 Å². The third kappa shape index (κ3) is 2.98. The molecule has 1 aliphatic heterocycles. The number of hydrogen-bond donors (Lipinski definition) is 0. The first-order valence-corrected chi connectivity index (χ1v) is 7.53. The Morgan fingerprint density at radius 1 is 0.840 bits per heavy atom. The second-order valence-corrected chi connectivity index (χ2v) is 5.25. The lowest BCUT2D eigenvalue weighted by atomic mass is 10.1. The Bertz CT molecular complexity index is 853. The largest absolute Gasteiger partial charge is 0.497 e. The maximum absolute atomic E-state index is 12.5. The first kappa shape index (κ1) is 16.7. The van der Waals surface area contributed by atoms with Crippen LogP contribution in [0, 0.1) is 0 Å². The highest BCUT2D eigenvalue weighted by molar-refractivity contribution is 6.14. The molecule has 6 nitrogen and oxygen atoms in total. The van der Waals surface area contributed by atoms with Crippen LogP contribution in [0.4, 0.5) is 0 Å². The van der Waals surface area contributed by atoms with Crippen LogP contribution in [0.5, 0.6) is 28.7 Å². The molecule has 25 heavy (non-hydrogen) atoms. The van der Waals surface area contributed by atoms with E-state index in [9.17, 15) is 4.79 Å². The normalized spacial score (nSPS) is 14.1. The van der Waals surface area contributed by atoms with Gasteiger partial charge < -0.3 is 23.7 Å². The number of ketones is 1. The van der Waals surface area contributed by atoms with Gasteiger partial charge in [0.1, 0.15) is 17.2 Å². The minimum atomic E-state index is -0.200. The van der Waals surface area contributed by atoms with Gasteiger partial charge in [0.25, 0.3) is 0 Å². The average Bonchev–Trinajstić information content (AvgIpc) is 2.96. The number of carbonyl (C=O) groups excluding carboxylic acids is 1. The van der Waals surface area contributed by atoms with E-state index in [1.54, 1.807) is 64.8 Å². The minimum Gasteiger partial charge on any atom is -0.497 e. The van der Waals surface area contributed by atoms with E-state index < -0.39 is 0 Å². The maximum atomic E-state index is 12.5. The SMILES string of the molecule is COc1ccc2c(c1)O/C(=C\c1cc(OC)c(OC)cc1OC)C2=O. The molecule has 0 bridgehead atoms. The Kier molecular flexibility index (Phi) is 4.52. The third-order valence-corrected chi connectivity index (χ3v) is 3.90. The molecule has 0 amide bonds. The lowest BCUT2D eigenvalue weighted by molar-refractivity contribution is 0.101. The van der Waals surface area contributed by atoms with E-state index in [1.807, 2.05) is 0 Å². The predicted molar refractivity (Wildman–Crippen MR) is 92.0 cm³/mol. The molecule has 0 radical (unpaired) electrons. The zero-order valence-corrected chi connectivity index (χ0v) is 14.4. The van der Waals surface area contributed by atoms with Crippen molar-refractivity contribution in [3.8, 4) is 28.7 Å². The molecular formula is C19H18O6. The fourth-order valence-corrected chi connectivity index (χ4v) is 2.60. The zero-order chi connectivity index (χ0) is 18.0. The molecule has 0 saturated carbocycles. The van der Waals surface area contributed by atoms with Crippen molar-refractivity contribution in [1.82, 2.24) is 0 Å². The summed E-state index contributed by atoms with van der Waals surface area (Å²) >= 11 is 0. The van der Waals surface area contributed by atoms with Gasteiger partial charge in [0, 0.05) is 17.7 Å². The number of allylic oxidation sites excluding steroid dienone is 1. The van der Waals surface area contributed by atoms with Crippen molar-refractivity contribution < 1.29 is 28.5 Å². The van der Waals surface area contributed by atoms with Crippen LogP contribution in [0.2, 0.25) is 0 Å². The van der Waals surface area contributed by atoms with Crippen molar-refractivity contribution in [2.75, 3.05) is 28.4 Å². The molecule has 1 heterocycles. The van der Waals surface area contributed by atoms with Crippen molar-refractivity contribution in [3.63, 3.8) is 0 Å². The number of benzene rings is 2. The van der Waals surface area contributed by atoms with Crippen LogP contribution >= 0.6 is 0 Å². The molecule has 0 aliphatic carbocycles. The van der Waals surface area contributed by atoms with Crippen molar-refractivity contribution in [1.29, 1.82) is 0 Å². The van der Waals surface area contributed by atoms with Gasteiger partial charge in [-0.1, -0.05) is 0 Å². The van der Waals surface area contributed by atoms with Gasteiger partial charge in [-0.3, -0.25) is 4.79 Å². The van der Waals surface area contributed by atoms with E-state index in [1.165, 1.54) is 0 Å². The molecule has 0 saturated heterocycles. The number of methoxy groups -OCH3 is 4. The summed E-state index contributed by atoms with van der Waals surface area (Å²) in [4.78, 5) is 12.5. The van der Waals surface area contributed by atoms with Crippen LogP contribution in [0.1, 0.15) is 15.9 Å². The number of fused-ring (bicyclic) bond motifs is 1. The van der Waals surface area contributed by atoms with Crippen LogP contribution in [0.3, 0.4) is 0 Å². The third-order valence-electron chi connectivity index (χ3n) is 3.90. The Morgan fingerprint density at radius 3 is 2.16 bits per heavy atom. The molecule has 0 atom stereocenters. The van der Waals surface area contributed by atoms with Gasteiger partial charge in [-0.25, -0.2) is 0 Å². The Labute approximate surface area is 145 Å². The van der Waals surface area contributed by atoms with E-state index in [-0.39, 0.29) is 11.5 Å². The first-order chi connectivity index (χ1) is 12.1. The van der Waals surface area contributed by atoms with Gasteiger partial charge in [0.15, 0.2) is 17.3 Å². The smallest absolute Gasteiger partial charge is 0.231 e. The number of hydrogen-bond acceptors (Lipinski definition) is 6. The fraction of sp³-hybridized carbons (Fsp3) is 0.211. The summed E-state index contributed by atoms with van der Waals surface area (Å²) in [5.74, 6) is 2.69. The minimum absolute atomic E-state index is 0.200. The van der Waals surface area contributed by atoms with Gasteiger partial charge in [0.2, 0.25) is 5.78 Å². The topological polar surface area (TPSA) is 63.2 Å². The average molecular weight is 342 g/mol. The van der Waals surface area contributed by atoms with Gasteiger partial charge >= 0.3 is 0 Å². The van der Waals surface area contributed by atoms with E-state index in [0.29, 0.717) is 39.9 Å². The van der Waals surface area contributed by atoms with Gasteiger partial charge in [-0.2, -0.15) is 0 Å². The molecule has 2 aromatic rings. The standard InChI is InChI=1S/C19H18O6/c1-21-12-5-6-13-15(9-12)25-18(19(13)20)8-11-7-16(23-3)17(24-4)10-14(11)22-2/h5-10H,1-4H3/b18-8-. The Balaban J connectivity index is 2.03.